The van der Waals surface area contributed by atoms with Crippen LogP contribution in [-0.4, -0.2) is 42.7 Å². The monoisotopic (exact) mass is 488 g/mol. The van der Waals surface area contributed by atoms with E-state index in [1.807, 2.05) is 6.92 Å². The zero-order chi connectivity index (χ0) is 20.7. The van der Waals surface area contributed by atoms with Gasteiger partial charge < -0.3 is 0 Å². The van der Waals surface area contributed by atoms with Crippen molar-refractivity contribution < 1.29 is 14.6 Å². The topological polar surface area (TPSA) is 46.5 Å². The molecule has 3 nitrogen and oxygen atoms in total. The number of esters is 1. The third-order valence-corrected chi connectivity index (χ3v) is 21.7. The molecule has 0 rings (SSSR count). The van der Waals surface area contributed by atoms with Gasteiger partial charge in [-0.2, -0.15) is 0 Å². The van der Waals surface area contributed by atoms with Gasteiger partial charge in [-0.15, -0.1) is 0 Å². The number of methoxy groups -OCH3 is 1. The molecular formula is C23H44O3Sn. The average molecular weight is 487 g/mol. The number of aliphatic hydroxyl groups is 1. The van der Waals surface area contributed by atoms with Crippen LogP contribution in [0.25, 0.3) is 0 Å². The summed E-state index contributed by atoms with van der Waals surface area (Å²) in [4.78, 5) is 11.9. The van der Waals surface area contributed by atoms with Crippen molar-refractivity contribution in [3.63, 3.8) is 0 Å². The Bertz CT molecular complexity index is 444. The third kappa shape index (κ3) is 10.7. The standard InChI is InChI=1S/C11H17O3.3C4H9.Sn/c1-9(8-11(13)14-3)6-4-5-7-10(2)12;3*1-3-4-2;/h4,8,10,12H,5,7H2,1-3H3;3*1,3-4H2,2H3;/b6-4?,9-8+;;;;. The molecule has 4 heteroatoms. The van der Waals surface area contributed by atoms with E-state index in [0.717, 1.165) is 18.4 Å². The van der Waals surface area contributed by atoms with E-state index >= 15 is 0 Å². The molecule has 0 saturated carbocycles. The Hall–Kier alpha value is -0.291. The molecule has 0 bridgehead atoms. The van der Waals surface area contributed by atoms with Crippen LogP contribution in [0.3, 0.4) is 0 Å². The average Bonchev–Trinajstić information content (AvgIpc) is 2.64. The number of hydrogen-bond donors (Lipinski definition) is 1. The molecule has 158 valence electrons. The van der Waals surface area contributed by atoms with Gasteiger partial charge in [-0.25, -0.2) is 0 Å². The first kappa shape index (κ1) is 26.7. The summed E-state index contributed by atoms with van der Waals surface area (Å²) in [5.74, 6) is -0.254. The van der Waals surface area contributed by atoms with Gasteiger partial charge in [0.15, 0.2) is 0 Å². The molecule has 0 aromatic heterocycles. The molecule has 0 amide bonds. The van der Waals surface area contributed by atoms with Gasteiger partial charge in [0.2, 0.25) is 0 Å². The molecule has 0 aliphatic heterocycles. The number of rotatable bonds is 15. The minimum atomic E-state index is -2.63. The molecule has 0 aliphatic carbocycles. The molecule has 0 aromatic carbocycles. The van der Waals surface area contributed by atoms with Crippen molar-refractivity contribution in [2.24, 2.45) is 0 Å². The molecule has 0 radical (unpaired) electrons. The summed E-state index contributed by atoms with van der Waals surface area (Å²) in [6, 6.07) is 0. The van der Waals surface area contributed by atoms with E-state index in [2.05, 4.69) is 33.8 Å². The fourth-order valence-corrected chi connectivity index (χ4v) is 21.4. The number of carbonyl (C=O) groups is 1. The molecule has 1 unspecified atom stereocenters. The summed E-state index contributed by atoms with van der Waals surface area (Å²) in [5, 5.41) is 9.71. The van der Waals surface area contributed by atoms with Gasteiger partial charge >= 0.3 is 173 Å². The summed E-state index contributed by atoms with van der Waals surface area (Å²) in [5.41, 5.74) is 1.12. The predicted octanol–water partition coefficient (Wildman–Crippen LogP) is 6.58. The van der Waals surface area contributed by atoms with Gasteiger partial charge in [0.1, 0.15) is 0 Å². The Labute approximate surface area is 172 Å². The Morgan fingerprint density at radius 2 is 1.52 bits per heavy atom. The molecule has 0 aliphatic rings. The Morgan fingerprint density at radius 1 is 1.04 bits per heavy atom. The van der Waals surface area contributed by atoms with E-state index in [1.54, 1.807) is 6.08 Å². The van der Waals surface area contributed by atoms with Crippen LogP contribution in [0.4, 0.5) is 0 Å². The molecule has 27 heavy (non-hydrogen) atoms. The second-order valence-electron chi connectivity index (χ2n) is 7.99. The van der Waals surface area contributed by atoms with Gasteiger partial charge in [0, 0.05) is 0 Å². The third-order valence-electron chi connectivity index (χ3n) is 5.49. The zero-order valence-electron chi connectivity index (χ0n) is 18.8. The van der Waals surface area contributed by atoms with Crippen molar-refractivity contribution in [1.29, 1.82) is 0 Å². The molecule has 0 saturated heterocycles. The van der Waals surface area contributed by atoms with E-state index in [1.165, 1.54) is 62.5 Å². The van der Waals surface area contributed by atoms with Crippen LogP contribution < -0.4 is 0 Å². The number of ether oxygens (including phenoxy) is 1. The minimum absolute atomic E-state index is 0.254. The van der Waals surface area contributed by atoms with Crippen molar-refractivity contribution in [2.45, 2.75) is 105 Å². The Balaban J connectivity index is 6.06. The molecule has 0 fully saturated rings. The van der Waals surface area contributed by atoms with Crippen LogP contribution >= 0.6 is 0 Å². The quantitative estimate of drug-likeness (QED) is 0.123. The van der Waals surface area contributed by atoms with Crippen LogP contribution in [-0.2, 0) is 9.53 Å². The fraction of sp³-hybridized carbons (Fsp3) is 0.783. The van der Waals surface area contributed by atoms with Crippen LogP contribution in [0.15, 0.2) is 21.3 Å². The SMILES string of the molecule is CCC[CH2][Sn]([CH2]CCC)([CH2]CCC)[C](=C\CCC(C)O)/C(C)=C/C(=O)OC. The summed E-state index contributed by atoms with van der Waals surface area (Å²) < 4.78 is 10.5. The predicted molar refractivity (Wildman–Crippen MR) is 120 cm³/mol. The molecule has 1 atom stereocenters. The van der Waals surface area contributed by atoms with Crippen molar-refractivity contribution in [1.82, 2.24) is 0 Å². The zero-order valence-corrected chi connectivity index (χ0v) is 21.6. The molecule has 1 N–H and O–H groups in total. The summed E-state index contributed by atoms with van der Waals surface area (Å²) in [7, 11) is 1.45. The Morgan fingerprint density at radius 3 is 1.89 bits per heavy atom. The van der Waals surface area contributed by atoms with Crippen LogP contribution in [0.1, 0.15) is 86.0 Å². The Kier molecular flexibility index (Phi) is 15.4. The molecule has 0 heterocycles. The van der Waals surface area contributed by atoms with Gasteiger partial charge in [0.25, 0.3) is 0 Å². The van der Waals surface area contributed by atoms with E-state index in [9.17, 15) is 9.90 Å². The summed E-state index contributed by atoms with van der Waals surface area (Å²) in [6.45, 7) is 10.8. The normalized spacial score (nSPS) is 14.3. The van der Waals surface area contributed by atoms with Crippen molar-refractivity contribution in [3.05, 3.63) is 21.3 Å². The van der Waals surface area contributed by atoms with Gasteiger partial charge in [0.05, 0.1) is 0 Å². The van der Waals surface area contributed by atoms with Crippen molar-refractivity contribution >= 4 is 24.3 Å². The van der Waals surface area contributed by atoms with E-state index in [0.29, 0.717) is 0 Å². The number of allylic oxidation sites excluding steroid dienone is 3. The maximum atomic E-state index is 11.9. The van der Waals surface area contributed by atoms with Gasteiger partial charge in [-0.05, 0) is 0 Å². The first-order valence-electron chi connectivity index (χ1n) is 11.0. The second-order valence-corrected chi connectivity index (χ2v) is 21.1. The van der Waals surface area contributed by atoms with Crippen LogP contribution in [0, 0.1) is 0 Å². The van der Waals surface area contributed by atoms with E-state index in [-0.39, 0.29) is 12.1 Å². The van der Waals surface area contributed by atoms with E-state index in [4.69, 9.17) is 4.74 Å². The first-order valence-corrected chi connectivity index (χ1v) is 18.5. The van der Waals surface area contributed by atoms with Gasteiger partial charge in [-0.1, -0.05) is 0 Å². The van der Waals surface area contributed by atoms with Crippen LogP contribution in [0.5, 0.6) is 0 Å². The van der Waals surface area contributed by atoms with E-state index < -0.39 is 18.4 Å². The number of carbonyl (C=O) groups excluding carboxylic acids is 1. The van der Waals surface area contributed by atoms with Crippen molar-refractivity contribution in [3.8, 4) is 0 Å². The second kappa shape index (κ2) is 15.6. The summed E-state index contributed by atoms with van der Waals surface area (Å²) in [6.07, 6.45) is 13.1. The van der Waals surface area contributed by atoms with Gasteiger partial charge in [-0.3, -0.25) is 0 Å². The van der Waals surface area contributed by atoms with Crippen LogP contribution in [0.2, 0.25) is 13.3 Å². The molecular weight excluding hydrogens is 443 g/mol. The first-order chi connectivity index (χ1) is 12.9. The number of aliphatic hydroxyl groups excluding tert-OH is 1. The number of hydrogen-bond acceptors (Lipinski definition) is 3. The maximum absolute atomic E-state index is 11.9. The molecule has 0 aromatic rings. The fourth-order valence-electron chi connectivity index (χ4n) is 3.90. The number of unbranched alkanes of at least 4 members (excludes halogenated alkanes) is 3. The summed E-state index contributed by atoms with van der Waals surface area (Å²) >= 11 is -2.63. The molecule has 0 spiro atoms. The van der Waals surface area contributed by atoms with Crippen molar-refractivity contribution in [2.75, 3.05) is 7.11 Å².